The van der Waals surface area contributed by atoms with E-state index >= 15 is 0 Å². The highest BCUT2D eigenvalue weighted by Crippen LogP contribution is 2.29. The second-order valence-corrected chi connectivity index (χ2v) is 15.6. The number of sulfonamides is 1. The minimum atomic E-state index is -3.84. The maximum absolute atomic E-state index is 12.9. The summed E-state index contributed by atoms with van der Waals surface area (Å²) in [5.74, 6) is 0.675. The van der Waals surface area contributed by atoms with Gasteiger partial charge >= 0.3 is 6.03 Å². The first-order valence-electron chi connectivity index (χ1n) is 13.5. The predicted octanol–water partition coefficient (Wildman–Crippen LogP) is 5.10. The minimum Gasteiger partial charge on any atom is -0.334 e. The number of hydrogen-bond donors (Lipinski definition) is 4. The monoisotopic (exact) mass is 576 g/mol. The number of hydrazine groups is 1. The average Bonchev–Trinajstić information content (AvgIpc) is 3.28. The Hall–Kier alpha value is -1.54. The standard InChI is InChI=1S/C25H48N6O5S2/c1-18(16-25(5,6)7)8-9-20(10-13-24(2,3)4)26-21(32)28-29-22-27-23(30-37-22)38(34,35)31-14-11-19(12-15-31)17-36-33/h18-20,33H,8-17H2,1-7H3,(H2,26,28,32)(H,27,29,30). The van der Waals surface area contributed by atoms with E-state index in [-0.39, 0.29) is 45.7 Å². The topological polar surface area (TPSA) is 146 Å². The van der Waals surface area contributed by atoms with E-state index in [0.717, 1.165) is 43.6 Å². The van der Waals surface area contributed by atoms with Crippen LogP contribution in [0, 0.1) is 22.7 Å². The van der Waals surface area contributed by atoms with Crippen molar-refractivity contribution in [3.05, 3.63) is 0 Å². The Morgan fingerprint density at radius 3 is 2.37 bits per heavy atom. The van der Waals surface area contributed by atoms with Crippen LogP contribution >= 0.6 is 11.5 Å². The van der Waals surface area contributed by atoms with Crippen LogP contribution in [0.5, 0.6) is 0 Å². The molecule has 2 unspecified atom stereocenters. The maximum atomic E-state index is 12.9. The van der Waals surface area contributed by atoms with Gasteiger partial charge in [-0.2, -0.15) is 13.7 Å². The molecule has 220 valence electrons. The summed E-state index contributed by atoms with van der Waals surface area (Å²) in [6, 6.07) is -0.358. The van der Waals surface area contributed by atoms with E-state index in [1.54, 1.807) is 0 Å². The summed E-state index contributed by atoms with van der Waals surface area (Å²) in [6.45, 7) is 16.4. The molecule has 13 heteroatoms. The fourth-order valence-electron chi connectivity index (χ4n) is 4.76. The molecule has 0 bridgehead atoms. The molecule has 2 amide bonds. The summed E-state index contributed by atoms with van der Waals surface area (Å²) >= 11 is 0.869. The van der Waals surface area contributed by atoms with Gasteiger partial charge in [0.2, 0.25) is 5.13 Å². The Labute approximate surface area is 232 Å². The molecule has 2 rings (SSSR count). The Bertz CT molecular complexity index is 966. The van der Waals surface area contributed by atoms with Gasteiger partial charge in [0, 0.05) is 30.7 Å². The molecular weight excluding hydrogens is 528 g/mol. The molecule has 1 aromatic rings. The van der Waals surface area contributed by atoms with Crippen molar-refractivity contribution in [2.24, 2.45) is 22.7 Å². The third-order valence-electron chi connectivity index (χ3n) is 6.69. The summed E-state index contributed by atoms with van der Waals surface area (Å²) in [7, 11) is -3.84. The third kappa shape index (κ3) is 11.7. The fourth-order valence-corrected chi connectivity index (χ4v) is 6.87. The first-order chi connectivity index (χ1) is 17.6. The van der Waals surface area contributed by atoms with Crippen molar-refractivity contribution >= 4 is 32.7 Å². The van der Waals surface area contributed by atoms with Gasteiger partial charge in [-0.15, -0.1) is 0 Å². The summed E-state index contributed by atoms with van der Waals surface area (Å²) in [5.41, 5.74) is 5.71. The summed E-state index contributed by atoms with van der Waals surface area (Å²) in [4.78, 5) is 21.0. The van der Waals surface area contributed by atoms with Gasteiger partial charge in [0.15, 0.2) is 0 Å². The van der Waals surface area contributed by atoms with E-state index in [1.165, 1.54) is 4.31 Å². The SMILES string of the molecule is CC(CCC(CCC(C)(C)C)NC(=O)NNc1nc(S(=O)(=O)N2CCC(COO)CC2)ns1)CC(C)(C)C. The molecule has 0 spiro atoms. The number of piperidine rings is 1. The largest absolute Gasteiger partial charge is 0.334 e. The van der Waals surface area contributed by atoms with Crippen LogP contribution in [0.3, 0.4) is 0 Å². The van der Waals surface area contributed by atoms with Crippen molar-refractivity contribution < 1.29 is 23.4 Å². The lowest BCUT2D eigenvalue weighted by atomic mass is 9.82. The molecule has 0 aromatic carbocycles. The Morgan fingerprint density at radius 2 is 1.79 bits per heavy atom. The highest BCUT2D eigenvalue weighted by Gasteiger charge is 2.32. The van der Waals surface area contributed by atoms with Crippen LogP contribution in [0.2, 0.25) is 0 Å². The Kier molecular flexibility index (Phi) is 12.2. The summed E-state index contributed by atoms with van der Waals surface area (Å²) in [5, 5.41) is 11.6. The maximum Gasteiger partial charge on any atom is 0.333 e. The molecule has 0 saturated carbocycles. The number of carbonyl (C=O) groups excluding carboxylic acids is 1. The summed E-state index contributed by atoms with van der Waals surface area (Å²) in [6.07, 6.45) is 6.08. The molecule has 1 aliphatic heterocycles. The molecular formula is C25H48N6O5S2. The highest BCUT2D eigenvalue weighted by atomic mass is 32.2. The van der Waals surface area contributed by atoms with Crippen LogP contribution in [0.15, 0.2) is 5.16 Å². The molecule has 0 aliphatic carbocycles. The zero-order chi connectivity index (χ0) is 28.6. The molecule has 11 nitrogen and oxygen atoms in total. The quantitative estimate of drug-likeness (QED) is 0.187. The number of nitrogens with one attached hydrogen (secondary N) is 3. The van der Waals surface area contributed by atoms with E-state index < -0.39 is 10.0 Å². The van der Waals surface area contributed by atoms with Crippen LogP contribution in [-0.4, -0.2) is 59.1 Å². The van der Waals surface area contributed by atoms with Crippen LogP contribution in [0.25, 0.3) is 0 Å². The van der Waals surface area contributed by atoms with Gasteiger partial charge in [-0.05, 0) is 67.6 Å². The molecule has 4 N–H and O–H groups in total. The lowest BCUT2D eigenvalue weighted by Gasteiger charge is -2.29. The first-order valence-corrected chi connectivity index (χ1v) is 15.7. The first kappa shape index (κ1) is 32.7. The normalized spacial score (nSPS) is 17.7. The smallest absolute Gasteiger partial charge is 0.333 e. The van der Waals surface area contributed by atoms with E-state index in [1.807, 2.05) is 0 Å². The van der Waals surface area contributed by atoms with Gasteiger partial charge in [0.1, 0.15) is 0 Å². The number of rotatable bonds is 13. The van der Waals surface area contributed by atoms with Gasteiger partial charge in [-0.25, -0.2) is 23.5 Å². The number of carbonyl (C=O) groups is 1. The highest BCUT2D eigenvalue weighted by molar-refractivity contribution is 7.89. The number of anilines is 1. The molecule has 1 fully saturated rings. The van der Waals surface area contributed by atoms with E-state index in [4.69, 9.17) is 5.26 Å². The van der Waals surface area contributed by atoms with Gasteiger partial charge in [-0.3, -0.25) is 10.7 Å². The molecule has 2 heterocycles. The van der Waals surface area contributed by atoms with Crippen molar-refractivity contribution in [3.63, 3.8) is 0 Å². The van der Waals surface area contributed by atoms with Crippen molar-refractivity contribution in [3.8, 4) is 0 Å². The van der Waals surface area contributed by atoms with Gasteiger partial charge < -0.3 is 5.32 Å². The van der Waals surface area contributed by atoms with Crippen LogP contribution in [0.4, 0.5) is 9.93 Å². The second-order valence-electron chi connectivity index (χ2n) is 13.0. The minimum absolute atomic E-state index is 0.0305. The average molecular weight is 577 g/mol. The Morgan fingerprint density at radius 1 is 1.13 bits per heavy atom. The number of hydrogen-bond acceptors (Lipinski definition) is 9. The predicted molar refractivity (Wildman–Crippen MR) is 150 cm³/mol. The zero-order valence-corrected chi connectivity index (χ0v) is 25.7. The van der Waals surface area contributed by atoms with E-state index in [9.17, 15) is 13.2 Å². The van der Waals surface area contributed by atoms with Gasteiger partial charge in [0.05, 0.1) is 6.61 Å². The van der Waals surface area contributed by atoms with E-state index in [0.29, 0.717) is 31.8 Å². The van der Waals surface area contributed by atoms with Crippen molar-refractivity contribution in [1.82, 2.24) is 24.4 Å². The molecule has 2 atom stereocenters. The zero-order valence-electron chi connectivity index (χ0n) is 24.0. The summed E-state index contributed by atoms with van der Waals surface area (Å²) < 4.78 is 31.2. The molecule has 1 saturated heterocycles. The molecule has 1 aliphatic rings. The lowest BCUT2D eigenvalue weighted by Crippen LogP contribution is -2.44. The Balaban J connectivity index is 1.90. The van der Waals surface area contributed by atoms with Crippen molar-refractivity contribution in [1.29, 1.82) is 0 Å². The van der Waals surface area contributed by atoms with Gasteiger partial charge in [0.25, 0.3) is 15.2 Å². The van der Waals surface area contributed by atoms with E-state index in [2.05, 4.69) is 78.9 Å². The number of nitrogens with zero attached hydrogens (tertiary/aromatic N) is 3. The van der Waals surface area contributed by atoms with Gasteiger partial charge in [-0.1, -0.05) is 48.5 Å². The number of amides is 2. The number of urea groups is 1. The lowest BCUT2D eigenvalue weighted by molar-refractivity contribution is -0.252. The van der Waals surface area contributed by atoms with Crippen LogP contribution in [0.1, 0.15) is 93.4 Å². The van der Waals surface area contributed by atoms with Crippen LogP contribution in [-0.2, 0) is 14.9 Å². The fraction of sp³-hybridized carbons (Fsp3) is 0.880. The van der Waals surface area contributed by atoms with Crippen molar-refractivity contribution in [2.75, 3.05) is 25.1 Å². The molecule has 1 aromatic heterocycles. The molecule has 0 radical (unpaired) electrons. The second kappa shape index (κ2) is 14.2. The number of aromatic nitrogens is 2. The van der Waals surface area contributed by atoms with Crippen LogP contribution < -0.4 is 16.2 Å². The third-order valence-corrected chi connectivity index (χ3v) is 9.13. The van der Waals surface area contributed by atoms with Crippen molar-refractivity contribution in [2.45, 2.75) is 105 Å². The molecule has 38 heavy (non-hydrogen) atoms.